The van der Waals surface area contributed by atoms with E-state index in [4.69, 9.17) is 10.5 Å². The average molecular weight is 140 g/mol. The van der Waals surface area contributed by atoms with Crippen LogP contribution in [0, 0.1) is 28.6 Å². The van der Waals surface area contributed by atoms with E-state index in [9.17, 15) is 4.57 Å². The molecule has 4 heteroatoms. The molecule has 0 unspecified atom stereocenters. The molecule has 0 aromatic heterocycles. The summed E-state index contributed by atoms with van der Waals surface area (Å²) in [6, 6.07) is 3.56. The van der Waals surface area contributed by atoms with E-state index < -0.39 is 5.92 Å². The fraction of sp³-hybridized carbons (Fsp3) is 0.600. The maximum atomic E-state index is 9.82. The van der Waals surface area contributed by atoms with Crippen LogP contribution in [-0.4, -0.2) is 6.16 Å². The van der Waals surface area contributed by atoms with Crippen molar-refractivity contribution >= 4 is 8.46 Å². The number of hydrogen-bond donors (Lipinski definition) is 0. The third-order valence-electron chi connectivity index (χ3n) is 0.821. The number of rotatable bonds is 3. The summed E-state index contributed by atoms with van der Waals surface area (Å²) in [4.78, 5) is 0. The van der Waals surface area contributed by atoms with Crippen LogP contribution in [0.5, 0.6) is 0 Å². The van der Waals surface area contributed by atoms with Crippen LogP contribution in [0.3, 0.4) is 0 Å². The van der Waals surface area contributed by atoms with Gasteiger partial charge in [0.15, 0.2) is 8.46 Å². The Morgan fingerprint density at radius 3 is 2.33 bits per heavy atom. The molecule has 0 radical (unpaired) electrons. The minimum Gasteiger partial charge on any atom is -0.275 e. The maximum absolute atomic E-state index is 9.82. The fourth-order valence-electron chi connectivity index (χ4n) is 0.340. The van der Waals surface area contributed by atoms with Gasteiger partial charge in [-0.05, 0) is 6.42 Å². The second kappa shape index (κ2) is 5.22. The summed E-state index contributed by atoms with van der Waals surface area (Å²) in [6.45, 7) is 0. The van der Waals surface area contributed by atoms with E-state index in [0.717, 1.165) is 0 Å². The highest BCUT2D eigenvalue weighted by Gasteiger charge is 2.02. The first-order valence-corrected chi connectivity index (χ1v) is 3.43. The van der Waals surface area contributed by atoms with Crippen LogP contribution < -0.4 is 0 Å². The molecule has 0 aliphatic carbocycles. The second-order valence-electron chi connectivity index (χ2n) is 1.45. The molecule has 0 atom stereocenters. The van der Waals surface area contributed by atoms with E-state index in [-0.39, 0.29) is 8.46 Å². The van der Waals surface area contributed by atoms with Gasteiger partial charge < -0.3 is 0 Å². The molecule has 0 heterocycles. The van der Waals surface area contributed by atoms with Gasteiger partial charge in [0.25, 0.3) is 0 Å². The second-order valence-corrected chi connectivity index (χ2v) is 2.16. The van der Waals surface area contributed by atoms with Crippen molar-refractivity contribution in [1.82, 2.24) is 0 Å². The van der Waals surface area contributed by atoms with Gasteiger partial charge in [-0.2, -0.15) is 10.5 Å². The van der Waals surface area contributed by atoms with E-state index >= 15 is 0 Å². The molecule has 0 bridgehead atoms. The van der Waals surface area contributed by atoms with Gasteiger partial charge in [-0.15, -0.1) is 0 Å². The van der Waals surface area contributed by atoms with Gasteiger partial charge >= 0.3 is 0 Å². The van der Waals surface area contributed by atoms with Crippen molar-refractivity contribution in [2.24, 2.45) is 5.92 Å². The van der Waals surface area contributed by atoms with Gasteiger partial charge in [-0.1, -0.05) is 0 Å². The van der Waals surface area contributed by atoms with Crippen molar-refractivity contribution in [1.29, 1.82) is 10.5 Å². The number of nitriles is 2. The van der Waals surface area contributed by atoms with Gasteiger partial charge in [0, 0.05) is 6.16 Å². The first kappa shape index (κ1) is 8.08. The normalized spacial score (nSPS) is 8.78. The molecule has 0 aromatic carbocycles. The third-order valence-corrected chi connectivity index (χ3v) is 1.26. The van der Waals surface area contributed by atoms with E-state index in [1.807, 2.05) is 0 Å². The highest BCUT2D eigenvalue weighted by molar-refractivity contribution is 7.23. The van der Waals surface area contributed by atoms with Crippen LogP contribution in [0.4, 0.5) is 0 Å². The summed E-state index contributed by atoms with van der Waals surface area (Å²) >= 11 is 0. The lowest BCUT2D eigenvalue weighted by Crippen LogP contribution is -1.92. The van der Waals surface area contributed by atoms with Crippen LogP contribution in [0.2, 0.25) is 0 Å². The van der Waals surface area contributed by atoms with Gasteiger partial charge in [-0.3, -0.25) is 4.57 Å². The molecule has 0 aromatic rings. The fourth-order valence-corrected chi connectivity index (χ4v) is 0.703. The van der Waals surface area contributed by atoms with Crippen molar-refractivity contribution in [3.63, 3.8) is 0 Å². The molecule has 0 amide bonds. The summed E-state index contributed by atoms with van der Waals surface area (Å²) in [5.41, 5.74) is 0. The van der Waals surface area contributed by atoms with Gasteiger partial charge in [0.2, 0.25) is 0 Å². The first-order valence-electron chi connectivity index (χ1n) is 2.43. The summed E-state index contributed by atoms with van der Waals surface area (Å²) in [6.07, 6.45) is 0.795. The molecule has 0 N–H and O–H groups in total. The lowest BCUT2D eigenvalue weighted by Gasteiger charge is -1.88. The topological polar surface area (TPSA) is 64.7 Å². The summed E-state index contributed by atoms with van der Waals surface area (Å²) < 4.78 is 9.82. The molecule has 0 fully saturated rings. The predicted octanol–water partition coefficient (Wildman–Crippen LogP) is 1.33. The lowest BCUT2D eigenvalue weighted by atomic mass is 10.1. The molecule has 0 aliphatic heterocycles. The molecular formula is C5H5N2OP. The minimum absolute atomic E-state index is 0.00644. The zero-order valence-electron chi connectivity index (χ0n) is 4.74. The number of hydrogen-bond acceptors (Lipinski definition) is 3. The van der Waals surface area contributed by atoms with Crippen LogP contribution >= 0.6 is 8.46 Å². The van der Waals surface area contributed by atoms with Gasteiger partial charge in [0.05, 0.1) is 12.1 Å². The molecule has 0 rings (SSSR count). The van der Waals surface area contributed by atoms with Crippen LogP contribution in [-0.2, 0) is 4.57 Å². The van der Waals surface area contributed by atoms with Gasteiger partial charge in [0.1, 0.15) is 5.92 Å². The largest absolute Gasteiger partial charge is 0.275 e. The van der Waals surface area contributed by atoms with Gasteiger partial charge in [-0.25, -0.2) is 0 Å². The van der Waals surface area contributed by atoms with Crippen molar-refractivity contribution in [3.8, 4) is 12.1 Å². The van der Waals surface area contributed by atoms with Crippen molar-refractivity contribution in [2.75, 3.05) is 6.16 Å². The first-order chi connectivity index (χ1) is 4.35. The standard InChI is InChI=1S/C5H5N2OP/c6-3-5(4-7)1-2-9-8/h5H,1-2H2. The van der Waals surface area contributed by atoms with E-state index in [2.05, 4.69) is 0 Å². The smallest absolute Gasteiger partial charge is 0.155 e. The summed E-state index contributed by atoms with van der Waals surface area (Å²) in [5.74, 6) is -0.591. The zero-order valence-corrected chi connectivity index (χ0v) is 5.64. The third kappa shape index (κ3) is 3.64. The molecule has 0 spiro atoms. The molecule has 46 valence electrons. The van der Waals surface area contributed by atoms with Crippen LogP contribution in [0.25, 0.3) is 0 Å². The van der Waals surface area contributed by atoms with E-state index in [0.29, 0.717) is 12.6 Å². The van der Waals surface area contributed by atoms with E-state index in [1.165, 1.54) is 0 Å². The van der Waals surface area contributed by atoms with Crippen LogP contribution in [0.15, 0.2) is 0 Å². The maximum Gasteiger partial charge on any atom is 0.155 e. The summed E-state index contributed by atoms with van der Waals surface area (Å²) in [5, 5.41) is 16.4. The predicted molar refractivity (Wildman–Crippen MR) is 31.8 cm³/mol. The monoisotopic (exact) mass is 140 g/mol. The van der Waals surface area contributed by atoms with E-state index in [1.54, 1.807) is 12.1 Å². The Labute approximate surface area is 55.1 Å². The summed E-state index contributed by atoms with van der Waals surface area (Å²) in [7, 11) is 0.00644. The Morgan fingerprint density at radius 2 is 2.00 bits per heavy atom. The van der Waals surface area contributed by atoms with Crippen molar-refractivity contribution in [2.45, 2.75) is 6.42 Å². The molecule has 3 nitrogen and oxygen atoms in total. The van der Waals surface area contributed by atoms with Crippen molar-refractivity contribution < 1.29 is 4.57 Å². The lowest BCUT2D eigenvalue weighted by molar-refractivity contribution is 0.596. The Hall–Kier alpha value is -0.920. The zero-order chi connectivity index (χ0) is 7.11. The van der Waals surface area contributed by atoms with Crippen molar-refractivity contribution in [3.05, 3.63) is 0 Å². The molecular weight excluding hydrogens is 135 g/mol. The average Bonchev–Trinajstić information content (AvgIpc) is 1.91. The highest BCUT2D eigenvalue weighted by atomic mass is 31.1. The minimum atomic E-state index is -0.591. The molecule has 0 aliphatic rings. The van der Waals surface area contributed by atoms with Crippen LogP contribution in [0.1, 0.15) is 6.42 Å². The SMILES string of the molecule is N#CC(C#N)CCP=O. The Bertz CT molecular complexity index is 153. The quantitative estimate of drug-likeness (QED) is 0.555. The number of nitrogens with zero attached hydrogens (tertiary/aromatic N) is 2. The molecule has 0 saturated heterocycles. The molecule has 0 saturated carbocycles. The Kier molecular flexibility index (Phi) is 4.69. The Morgan fingerprint density at radius 1 is 1.44 bits per heavy atom. The highest BCUT2D eigenvalue weighted by Crippen LogP contribution is 2.04. The Balaban J connectivity index is 3.50. The molecule has 9 heavy (non-hydrogen) atoms.